The standard InChI is InChI=1S/C10H7BrClN3O2S/c11-10-14-7(8(12)18-10)9(16)13-5-6-3-1-2-4-15(6)17/h1-4H,5H2,(H,13,16). The molecule has 0 spiro atoms. The zero-order chi connectivity index (χ0) is 13.1. The summed E-state index contributed by atoms with van der Waals surface area (Å²) in [5.41, 5.74) is 0.596. The maximum atomic E-state index is 11.8. The molecule has 0 atom stereocenters. The molecule has 18 heavy (non-hydrogen) atoms. The summed E-state index contributed by atoms with van der Waals surface area (Å²) in [5.74, 6) is -0.411. The van der Waals surface area contributed by atoms with Crippen LogP contribution in [0.4, 0.5) is 0 Å². The van der Waals surface area contributed by atoms with Crippen molar-refractivity contribution in [1.82, 2.24) is 10.3 Å². The third-order valence-corrected chi connectivity index (χ3v) is 3.81. The predicted molar refractivity (Wildman–Crippen MR) is 71.4 cm³/mol. The predicted octanol–water partition coefficient (Wildman–Crippen LogP) is 2.12. The molecule has 0 unspecified atom stereocenters. The number of thiazole rings is 1. The molecule has 2 rings (SSSR count). The lowest BCUT2D eigenvalue weighted by Gasteiger charge is -2.04. The number of rotatable bonds is 3. The quantitative estimate of drug-likeness (QED) is 0.682. The number of nitrogens with zero attached hydrogens (tertiary/aromatic N) is 2. The van der Waals surface area contributed by atoms with Gasteiger partial charge in [0.25, 0.3) is 5.91 Å². The molecular weight excluding hydrogens is 342 g/mol. The molecule has 2 aromatic heterocycles. The van der Waals surface area contributed by atoms with Crippen molar-refractivity contribution in [3.8, 4) is 0 Å². The molecule has 0 saturated carbocycles. The summed E-state index contributed by atoms with van der Waals surface area (Å²) in [4.78, 5) is 15.7. The minimum atomic E-state index is -0.411. The highest BCUT2D eigenvalue weighted by Crippen LogP contribution is 2.27. The Morgan fingerprint density at radius 2 is 2.39 bits per heavy atom. The molecule has 0 fully saturated rings. The van der Waals surface area contributed by atoms with Crippen LogP contribution >= 0.6 is 38.9 Å². The fourth-order valence-electron chi connectivity index (χ4n) is 1.27. The molecule has 1 N–H and O–H groups in total. The molecule has 0 aromatic carbocycles. The highest BCUT2D eigenvalue weighted by molar-refractivity contribution is 9.11. The Morgan fingerprint density at radius 1 is 1.61 bits per heavy atom. The Labute approximate surface area is 120 Å². The van der Waals surface area contributed by atoms with Crippen LogP contribution in [0.5, 0.6) is 0 Å². The van der Waals surface area contributed by atoms with Crippen LogP contribution in [-0.4, -0.2) is 10.9 Å². The molecule has 94 valence electrons. The van der Waals surface area contributed by atoms with Gasteiger partial charge >= 0.3 is 0 Å². The van der Waals surface area contributed by atoms with E-state index in [0.29, 0.717) is 18.7 Å². The Hall–Kier alpha value is -1.18. The van der Waals surface area contributed by atoms with Gasteiger partial charge in [-0.1, -0.05) is 22.9 Å². The Balaban J connectivity index is 2.05. The molecule has 2 aromatic rings. The topological polar surface area (TPSA) is 68.9 Å². The van der Waals surface area contributed by atoms with Crippen molar-refractivity contribution in [2.75, 3.05) is 0 Å². The van der Waals surface area contributed by atoms with Gasteiger partial charge < -0.3 is 10.5 Å². The van der Waals surface area contributed by atoms with Gasteiger partial charge in [-0.15, -0.1) is 0 Å². The summed E-state index contributed by atoms with van der Waals surface area (Å²) >= 11 is 10.2. The van der Waals surface area contributed by atoms with Crippen LogP contribution < -0.4 is 10.0 Å². The molecule has 0 aliphatic heterocycles. The summed E-state index contributed by atoms with van der Waals surface area (Å²) in [6.07, 6.45) is 1.37. The normalized spacial score (nSPS) is 10.3. The molecule has 0 aliphatic carbocycles. The second-order valence-electron chi connectivity index (χ2n) is 3.29. The SMILES string of the molecule is O=C(NCc1cccc[n+]1[O-])c1nc(Br)sc1Cl. The number of pyridine rings is 1. The smallest absolute Gasteiger partial charge is 0.272 e. The van der Waals surface area contributed by atoms with Gasteiger partial charge in [-0.2, -0.15) is 4.73 Å². The van der Waals surface area contributed by atoms with Gasteiger partial charge in [0.2, 0.25) is 5.69 Å². The van der Waals surface area contributed by atoms with Gasteiger partial charge in [0.15, 0.2) is 15.8 Å². The molecule has 2 heterocycles. The van der Waals surface area contributed by atoms with Crippen molar-refractivity contribution in [3.05, 3.63) is 49.2 Å². The van der Waals surface area contributed by atoms with Crippen LogP contribution in [0, 0.1) is 5.21 Å². The first-order valence-electron chi connectivity index (χ1n) is 4.85. The van der Waals surface area contributed by atoms with Crippen LogP contribution in [0.1, 0.15) is 16.2 Å². The number of hydrogen-bond acceptors (Lipinski definition) is 4. The van der Waals surface area contributed by atoms with E-state index in [1.165, 1.54) is 17.5 Å². The maximum Gasteiger partial charge on any atom is 0.272 e. The largest absolute Gasteiger partial charge is 0.618 e. The number of nitrogens with one attached hydrogen (secondary N) is 1. The van der Waals surface area contributed by atoms with E-state index in [1.54, 1.807) is 18.2 Å². The van der Waals surface area contributed by atoms with Gasteiger partial charge in [0.05, 0.1) is 0 Å². The van der Waals surface area contributed by atoms with E-state index in [0.717, 1.165) is 0 Å². The lowest BCUT2D eigenvalue weighted by atomic mass is 10.3. The van der Waals surface area contributed by atoms with Crippen molar-refractivity contribution in [2.24, 2.45) is 0 Å². The summed E-state index contributed by atoms with van der Waals surface area (Å²) < 4.78 is 1.54. The van der Waals surface area contributed by atoms with E-state index in [1.807, 2.05) is 0 Å². The van der Waals surface area contributed by atoms with E-state index >= 15 is 0 Å². The molecule has 8 heteroatoms. The molecule has 0 saturated heterocycles. The highest BCUT2D eigenvalue weighted by atomic mass is 79.9. The number of carbonyl (C=O) groups excluding carboxylic acids is 1. The number of hydrogen-bond donors (Lipinski definition) is 1. The van der Waals surface area contributed by atoms with Crippen molar-refractivity contribution in [2.45, 2.75) is 6.54 Å². The second kappa shape index (κ2) is 5.64. The van der Waals surface area contributed by atoms with Crippen molar-refractivity contribution >= 4 is 44.8 Å². The van der Waals surface area contributed by atoms with Gasteiger partial charge in [-0.3, -0.25) is 4.79 Å². The number of amides is 1. The molecule has 0 radical (unpaired) electrons. The monoisotopic (exact) mass is 347 g/mol. The van der Waals surface area contributed by atoms with Gasteiger partial charge in [-0.05, 0) is 22.0 Å². The van der Waals surface area contributed by atoms with Gasteiger partial charge in [0.1, 0.15) is 10.9 Å². The van der Waals surface area contributed by atoms with E-state index in [2.05, 4.69) is 26.2 Å². The van der Waals surface area contributed by atoms with E-state index in [4.69, 9.17) is 11.6 Å². The zero-order valence-corrected chi connectivity index (χ0v) is 12.1. The summed E-state index contributed by atoms with van der Waals surface area (Å²) in [6, 6.07) is 4.97. The van der Waals surface area contributed by atoms with Crippen molar-refractivity contribution < 1.29 is 9.52 Å². The Kier molecular flexibility index (Phi) is 4.15. The van der Waals surface area contributed by atoms with Gasteiger partial charge in [0, 0.05) is 12.1 Å². The molecule has 0 aliphatic rings. The van der Waals surface area contributed by atoms with Crippen LogP contribution in [0.3, 0.4) is 0 Å². The lowest BCUT2D eigenvalue weighted by molar-refractivity contribution is -0.614. The first-order chi connectivity index (χ1) is 8.58. The zero-order valence-electron chi connectivity index (χ0n) is 8.89. The average molecular weight is 349 g/mol. The van der Waals surface area contributed by atoms with Crippen molar-refractivity contribution in [1.29, 1.82) is 0 Å². The fourth-order valence-corrected chi connectivity index (χ4v) is 3.08. The van der Waals surface area contributed by atoms with E-state index < -0.39 is 5.91 Å². The van der Waals surface area contributed by atoms with Crippen LogP contribution in [0.2, 0.25) is 4.34 Å². The average Bonchev–Trinajstić information content (AvgIpc) is 2.67. The summed E-state index contributed by atoms with van der Waals surface area (Å²) in [5, 5.41) is 13.9. The first kappa shape index (κ1) is 13.3. The highest BCUT2D eigenvalue weighted by Gasteiger charge is 2.16. The third-order valence-electron chi connectivity index (χ3n) is 2.11. The molecule has 5 nitrogen and oxygen atoms in total. The summed E-state index contributed by atoms with van der Waals surface area (Å²) in [6.45, 7) is 0.120. The van der Waals surface area contributed by atoms with Gasteiger partial charge in [-0.25, -0.2) is 4.98 Å². The van der Waals surface area contributed by atoms with E-state index in [-0.39, 0.29) is 12.2 Å². The number of halogens is 2. The molecular formula is C10H7BrClN3O2S. The second-order valence-corrected chi connectivity index (χ2v) is 6.17. The fraction of sp³-hybridized carbons (Fsp3) is 0.100. The summed E-state index contributed by atoms with van der Waals surface area (Å²) in [7, 11) is 0. The Bertz CT molecular complexity index is 590. The number of aromatic nitrogens is 2. The minimum absolute atomic E-state index is 0.120. The molecule has 0 bridgehead atoms. The minimum Gasteiger partial charge on any atom is -0.618 e. The van der Waals surface area contributed by atoms with Crippen LogP contribution in [-0.2, 0) is 6.54 Å². The number of carbonyl (C=O) groups is 1. The third kappa shape index (κ3) is 2.98. The van der Waals surface area contributed by atoms with Crippen LogP contribution in [0.25, 0.3) is 0 Å². The first-order valence-corrected chi connectivity index (χ1v) is 6.84. The maximum absolute atomic E-state index is 11.8. The lowest BCUT2D eigenvalue weighted by Crippen LogP contribution is -2.35. The van der Waals surface area contributed by atoms with Crippen LogP contribution in [0.15, 0.2) is 28.3 Å². The molecule has 1 amide bonds. The Morgan fingerprint density at radius 3 is 3.00 bits per heavy atom. The van der Waals surface area contributed by atoms with E-state index in [9.17, 15) is 10.0 Å². The van der Waals surface area contributed by atoms with Crippen molar-refractivity contribution in [3.63, 3.8) is 0 Å².